The average Bonchev–Trinajstić information content (AvgIpc) is 3.52. The number of ketones is 1. The van der Waals surface area contributed by atoms with Crippen LogP contribution in [0.4, 0.5) is 0 Å². The molecule has 6 nitrogen and oxygen atoms in total. The number of carbonyl (C=O) groups excluding carboxylic acids is 1. The quantitative estimate of drug-likeness (QED) is 0.107. The molecule has 1 N–H and O–H groups in total. The molecular weight excluding hydrogens is 717 g/mol. The number of rotatable bonds is 5. The largest absolute Gasteiger partial charge is 0.512 e. The Hall–Kier alpha value is -4.06. The first-order valence-corrected chi connectivity index (χ1v) is 14.2. The normalized spacial score (nSPS) is 11.7. The molecule has 0 amide bonds. The number of aliphatic hydroxyl groups is 1. The Balaban J connectivity index is 0.000000475. The summed E-state index contributed by atoms with van der Waals surface area (Å²) in [6, 6.07) is 24.0. The second kappa shape index (κ2) is 13.1. The molecule has 2 aromatic carbocycles. The number of benzene rings is 2. The summed E-state index contributed by atoms with van der Waals surface area (Å²) in [6.45, 7) is 13.7. The Bertz CT molecular complexity index is 1930. The molecule has 6 aromatic rings. The van der Waals surface area contributed by atoms with Crippen LogP contribution in [0.5, 0.6) is 0 Å². The number of nitrogens with zero attached hydrogens (tertiary/aromatic N) is 2. The van der Waals surface area contributed by atoms with Crippen LogP contribution in [-0.2, 0) is 24.9 Å². The summed E-state index contributed by atoms with van der Waals surface area (Å²) in [5.41, 5.74) is 8.25. The van der Waals surface area contributed by atoms with E-state index in [-0.39, 0.29) is 31.6 Å². The van der Waals surface area contributed by atoms with Crippen molar-refractivity contribution in [3.05, 3.63) is 95.4 Å². The topological polar surface area (TPSA) is 89.4 Å². The first-order valence-electron chi connectivity index (χ1n) is 14.2. The van der Waals surface area contributed by atoms with Crippen LogP contribution in [-0.4, -0.2) is 20.9 Å². The van der Waals surface area contributed by atoms with Crippen LogP contribution in [0.2, 0.25) is 0 Å². The fraction of sp³-hybridized carbons (Fsp3) is 0.250. The van der Waals surface area contributed by atoms with Gasteiger partial charge in [0.2, 0.25) is 11.4 Å². The summed E-state index contributed by atoms with van der Waals surface area (Å²) in [5.74, 6) is 1.58. The molecule has 0 aliphatic rings. The number of aryl methyl sites for hydroxylation is 1. The molecule has 0 unspecified atom stereocenters. The van der Waals surface area contributed by atoms with Crippen molar-refractivity contribution < 1.29 is 38.8 Å². The molecule has 7 heteroatoms. The van der Waals surface area contributed by atoms with E-state index >= 15 is 0 Å². The minimum Gasteiger partial charge on any atom is -0.512 e. The number of hydrogen-bond donors (Lipinski definition) is 1. The van der Waals surface area contributed by atoms with Crippen molar-refractivity contribution in [2.75, 3.05) is 0 Å². The van der Waals surface area contributed by atoms with Crippen LogP contribution in [0.15, 0.2) is 81.3 Å². The molecular formula is C36H35IrN2O4-. The van der Waals surface area contributed by atoms with Gasteiger partial charge in [-0.25, -0.2) is 4.98 Å². The van der Waals surface area contributed by atoms with Gasteiger partial charge in [0.05, 0.1) is 11.3 Å². The number of hydrogen-bond acceptors (Lipinski definition) is 6. The van der Waals surface area contributed by atoms with Crippen molar-refractivity contribution in [2.24, 2.45) is 0 Å². The average molecular weight is 752 g/mol. The first-order chi connectivity index (χ1) is 20.0. The molecule has 0 bridgehead atoms. The van der Waals surface area contributed by atoms with Gasteiger partial charge in [-0.2, -0.15) is 0 Å². The molecule has 0 spiro atoms. The van der Waals surface area contributed by atoms with E-state index in [4.69, 9.17) is 18.9 Å². The number of aliphatic hydroxyl groups excluding tert-OH is 1. The van der Waals surface area contributed by atoms with E-state index in [1.165, 1.54) is 36.6 Å². The van der Waals surface area contributed by atoms with Crippen LogP contribution >= 0.6 is 0 Å². The second-order valence-corrected chi connectivity index (χ2v) is 11.2. The van der Waals surface area contributed by atoms with Gasteiger partial charge in [0.1, 0.15) is 5.76 Å². The molecule has 6 rings (SSSR count). The summed E-state index contributed by atoms with van der Waals surface area (Å²) < 4.78 is 12.6. The maximum atomic E-state index is 10.0. The van der Waals surface area contributed by atoms with Gasteiger partial charge in [0.15, 0.2) is 5.78 Å². The van der Waals surface area contributed by atoms with Crippen molar-refractivity contribution >= 4 is 39.0 Å². The third-order valence-electron chi connectivity index (χ3n) is 7.11. The molecule has 223 valence electrons. The number of furan rings is 2. The molecule has 4 heterocycles. The summed E-state index contributed by atoms with van der Waals surface area (Å²) in [4.78, 5) is 19.5. The zero-order valence-electron chi connectivity index (χ0n) is 25.4. The molecule has 0 saturated carbocycles. The fourth-order valence-corrected chi connectivity index (χ4v) is 5.21. The monoisotopic (exact) mass is 752 g/mol. The van der Waals surface area contributed by atoms with E-state index in [0.29, 0.717) is 23.3 Å². The van der Waals surface area contributed by atoms with E-state index in [9.17, 15) is 4.79 Å². The van der Waals surface area contributed by atoms with Gasteiger partial charge < -0.3 is 13.9 Å². The summed E-state index contributed by atoms with van der Waals surface area (Å²) in [5, 5.41) is 11.3. The SMILES string of the molecule is CC(=O)/C=C(/C)O.Cc1ccc2c(n1)oc1c(-c3ccc4cc(-c5c(C(C)C)cccc5C(C)C)oc4n3)[c-]ccc12.[Ir]. The molecule has 0 aliphatic carbocycles. The van der Waals surface area contributed by atoms with Crippen LogP contribution in [0, 0.1) is 13.0 Å². The number of allylic oxidation sites excluding steroid dienone is 2. The first kappa shape index (κ1) is 31.9. The Morgan fingerprint density at radius 2 is 1.58 bits per heavy atom. The summed E-state index contributed by atoms with van der Waals surface area (Å²) in [6.07, 6.45) is 1.17. The van der Waals surface area contributed by atoms with Gasteiger partial charge in [-0.1, -0.05) is 69.0 Å². The van der Waals surface area contributed by atoms with Crippen LogP contribution in [0.3, 0.4) is 0 Å². The van der Waals surface area contributed by atoms with Crippen LogP contribution in [0.1, 0.15) is 70.2 Å². The van der Waals surface area contributed by atoms with Crippen LogP contribution < -0.4 is 0 Å². The maximum absolute atomic E-state index is 10.0. The zero-order valence-corrected chi connectivity index (χ0v) is 27.8. The predicted octanol–water partition coefficient (Wildman–Crippen LogP) is 9.85. The van der Waals surface area contributed by atoms with Crippen LogP contribution in [0.25, 0.3) is 55.7 Å². The van der Waals surface area contributed by atoms with E-state index < -0.39 is 0 Å². The van der Waals surface area contributed by atoms with Gasteiger partial charge in [-0.05, 0) is 67.6 Å². The second-order valence-electron chi connectivity index (χ2n) is 11.2. The molecule has 0 fully saturated rings. The molecule has 0 saturated heterocycles. The van der Waals surface area contributed by atoms with E-state index in [1.807, 2.05) is 31.2 Å². The van der Waals surface area contributed by atoms with Gasteiger partial charge >= 0.3 is 0 Å². The summed E-state index contributed by atoms with van der Waals surface area (Å²) in [7, 11) is 0. The Labute approximate surface area is 265 Å². The molecule has 1 radical (unpaired) electrons. The van der Waals surface area contributed by atoms with Crippen molar-refractivity contribution in [3.8, 4) is 22.6 Å². The Kier molecular flexibility index (Phi) is 9.68. The van der Waals surface area contributed by atoms with Gasteiger partial charge in [-0.3, -0.25) is 9.78 Å². The summed E-state index contributed by atoms with van der Waals surface area (Å²) >= 11 is 0. The number of carbonyl (C=O) groups is 1. The van der Waals surface area contributed by atoms with Crippen molar-refractivity contribution in [3.63, 3.8) is 0 Å². The minimum absolute atomic E-state index is 0. The Morgan fingerprint density at radius 3 is 2.19 bits per heavy atom. The zero-order chi connectivity index (χ0) is 30.1. The van der Waals surface area contributed by atoms with Gasteiger partial charge in [0.25, 0.3) is 0 Å². The molecule has 0 atom stereocenters. The minimum atomic E-state index is -0.125. The van der Waals surface area contributed by atoms with Gasteiger partial charge in [-0.15, -0.1) is 18.2 Å². The number of fused-ring (bicyclic) bond motifs is 4. The third kappa shape index (κ3) is 6.64. The smallest absolute Gasteiger partial charge is 0.217 e. The molecule has 43 heavy (non-hydrogen) atoms. The number of aromatic nitrogens is 2. The van der Waals surface area contributed by atoms with E-state index in [0.717, 1.165) is 44.5 Å². The standard InChI is InChI=1S/C31H27N2O2.C5H8O2.Ir/c1-17(2)21-8-6-9-22(18(3)4)28(21)27-16-20-13-15-26(33-30(20)34-27)25-11-7-10-23-24-14-12-19(5)32-31(24)35-29(23)25;1-4(6)3-5(2)7;/h6-10,12-18H,1-5H3;3,6H,1-2H3;/q-1;;/b;4-3-;. The van der Waals surface area contributed by atoms with Crippen molar-refractivity contribution in [1.29, 1.82) is 0 Å². The fourth-order valence-electron chi connectivity index (χ4n) is 5.21. The Morgan fingerprint density at radius 1 is 0.884 bits per heavy atom. The maximum Gasteiger partial charge on any atom is 0.217 e. The van der Waals surface area contributed by atoms with Gasteiger partial charge in [0, 0.05) is 48.2 Å². The molecule has 0 aliphatic heterocycles. The number of pyridine rings is 2. The van der Waals surface area contributed by atoms with Crippen molar-refractivity contribution in [2.45, 2.75) is 60.3 Å². The third-order valence-corrected chi connectivity index (χ3v) is 7.11. The van der Waals surface area contributed by atoms with E-state index in [2.05, 4.69) is 75.1 Å². The molecule has 4 aromatic heterocycles. The van der Waals surface area contributed by atoms with E-state index in [1.54, 1.807) is 0 Å². The predicted molar refractivity (Wildman–Crippen MR) is 169 cm³/mol. The van der Waals surface area contributed by atoms with Crippen molar-refractivity contribution in [1.82, 2.24) is 9.97 Å².